The van der Waals surface area contributed by atoms with E-state index in [0.29, 0.717) is 5.56 Å². The lowest BCUT2D eigenvalue weighted by Gasteiger charge is -2.18. The second-order valence-electron chi connectivity index (χ2n) is 3.97. The highest BCUT2D eigenvalue weighted by Gasteiger charge is 2.12. The highest BCUT2D eigenvalue weighted by molar-refractivity contribution is 9.10. The fraction of sp³-hybridized carbons (Fsp3) is 0.333. The maximum absolute atomic E-state index is 13.5. The van der Waals surface area contributed by atoms with Crippen LogP contribution in [0.15, 0.2) is 22.7 Å². The second kappa shape index (κ2) is 7.20. The van der Waals surface area contributed by atoms with Crippen LogP contribution in [0.2, 0.25) is 0 Å². The molecular formula is C12H15BrFN3O2. The van der Waals surface area contributed by atoms with Crippen molar-refractivity contribution in [3.63, 3.8) is 0 Å². The van der Waals surface area contributed by atoms with Gasteiger partial charge >= 0.3 is 0 Å². The Balaban J connectivity index is 2.58. The average Bonchev–Trinajstić information content (AvgIpc) is 2.39. The van der Waals surface area contributed by atoms with Gasteiger partial charge in [-0.1, -0.05) is 15.9 Å². The number of rotatable bonds is 5. The van der Waals surface area contributed by atoms with E-state index in [1.807, 2.05) is 0 Å². The molecule has 104 valence electrons. The van der Waals surface area contributed by atoms with E-state index >= 15 is 0 Å². The minimum absolute atomic E-state index is 0.128. The lowest BCUT2D eigenvalue weighted by Crippen LogP contribution is -2.40. The van der Waals surface area contributed by atoms with Crippen LogP contribution in [-0.2, 0) is 16.1 Å². The molecular weight excluding hydrogens is 317 g/mol. The fourth-order valence-electron chi connectivity index (χ4n) is 1.39. The zero-order valence-electron chi connectivity index (χ0n) is 10.5. The SMILES string of the molecule is CN(Cc1cc(Br)ccc1F)C(=O)CNC(=O)CN. The number of hydrogen-bond acceptors (Lipinski definition) is 3. The van der Waals surface area contributed by atoms with Crippen LogP contribution < -0.4 is 11.1 Å². The van der Waals surface area contributed by atoms with Gasteiger partial charge < -0.3 is 16.0 Å². The first kappa shape index (κ1) is 15.6. The van der Waals surface area contributed by atoms with Crippen molar-refractivity contribution in [2.24, 2.45) is 5.73 Å². The molecule has 1 rings (SSSR count). The largest absolute Gasteiger partial charge is 0.346 e. The molecule has 0 spiro atoms. The van der Waals surface area contributed by atoms with Crippen molar-refractivity contribution in [3.05, 3.63) is 34.1 Å². The van der Waals surface area contributed by atoms with Gasteiger partial charge in [0.25, 0.3) is 0 Å². The van der Waals surface area contributed by atoms with Crippen LogP contribution in [-0.4, -0.2) is 36.9 Å². The number of hydrogen-bond donors (Lipinski definition) is 2. The molecule has 0 aromatic heterocycles. The molecule has 0 heterocycles. The Morgan fingerprint density at radius 3 is 2.79 bits per heavy atom. The van der Waals surface area contributed by atoms with Crippen molar-refractivity contribution in [2.45, 2.75) is 6.54 Å². The highest BCUT2D eigenvalue weighted by Crippen LogP contribution is 2.16. The Labute approximate surface area is 119 Å². The van der Waals surface area contributed by atoms with Crippen LogP contribution in [0.25, 0.3) is 0 Å². The molecule has 0 saturated heterocycles. The zero-order valence-corrected chi connectivity index (χ0v) is 12.0. The fourth-order valence-corrected chi connectivity index (χ4v) is 1.80. The van der Waals surface area contributed by atoms with E-state index in [1.54, 1.807) is 12.1 Å². The summed E-state index contributed by atoms with van der Waals surface area (Å²) in [5.41, 5.74) is 5.50. The lowest BCUT2D eigenvalue weighted by molar-refractivity contribution is -0.131. The van der Waals surface area contributed by atoms with Crippen molar-refractivity contribution in [1.82, 2.24) is 10.2 Å². The van der Waals surface area contributed by atoms with E-state index < -0.39 is 5.91 Å². The van der Waals surface area contributed by atoms with Crippen LogP contribution in [0.5, 0.6) is 0 Å². The molecule has 0 fully saturated rings. The molecule has 3 N–H and O–H groups in total. The number of carbonyl (C=O) groups excluding carboxylic acids is 2. The quantitative estimate of drug-likeness (QED) is 0.830. The predicted molar refractivity (Wildman–Crippen MR) is 72.6 cm³/mol. The third kappa shape index (κ3) is 4.96. The predicted octanol–water partition coefficient (Wildman–Crippen LogP) is 0.622. The van der Waals surface area contributed by atoms with E-state index in [1.165, 1.54) is 18.0 Å². The van der Waals surface area contributed by atoms with E-state index in [0.717, 1.165) is 4.47 Å². The Morgan fingerprint density at radius 2 is 2.16 bits per heavy atom. The number of halogens is 2. The Hall–Kier alpha value is -1.47. The van der Waals surface area contributed by atoms with Crippen LogP contribution >= 0.6 is 15.9 Å². The summed E-state index contributed by atoms with van der Waals surface area (Å²) < 4.78 is 14.3. The molecule has 7 heteroatoms. The molecule has 1 aromatic rings. The van der Waals surface area contributed by atoms with Crippen molar-refractivity contribution >= 4 is 27.7 Å². The molecule has 0 bridgehead atoms. The van der Waals surface area contributed by atoms with E-state index in [2.05, 4.69) is 21.2 Å². The van der Waals surface area contributed by atoms with Gasteiger partial charge in [0.05, 0.1) is 13.1 Å². The summed E-state index contributed by atoms with van der Waals surface area (Å²) in [5, 5.41) is 2.37. The number of nitrogens with zero attached hydrogens (tertiary/aromatic N) is 1. The van der Waals surface area contributed by atoms with Crippen LogP contribution in [0, 0.1) is 5.82 Å². The molecule has 2 amide bonds. The van der Waals surface area contributed by atoms with Gasteiger partial charge in [0.1, 0.15) is 5.82 Å². The monoisotopic (exact) mass is 331 g/mol. The van der Waals surface area contributed by atoms with E-state index in [9.17, 15) is 14.0 Å². The van der Waals surface area contributed by atoms with Gasteiger partial charge in [0.2, 0.25) is 11.8 Å². The van der Waals surface area contributed by atoms with Crippen molar-refractivity contribution in [1.29, 1.82) is 0 Å². The minimum atomic E-state index is -0.407. The third-order valence-electron chi connectivity index (χ3n) is 2.46. The Kier molecular flexibility index (Phi) is 5.91. The first-order valence-electron chi connectivity index (χ1n) is 5.58. The highest BCUT2D eigenvalue weighted by atomic mass is 79.9. The topological polar surface area (TPSA) is 75.4 Å². The number of carbonyl (C=O) groups is 2. The molecule has 0 aliphatic carbocycles. The molecule has 19 heavy (non-hydrogen) atoms. The van der Waals surface area contributed by atoms with Gasteiger partial charge in [-0.25, -0.2) is 4.39 Å². The average molecular weight is 332 g/mol. The molecule has 5 nitrogen and oxygen atoms in total. The smallest absolute Gasteiger partial charge is 0.242 e. The summed E-state index contributed by atoms with van der Waals surface area (Å²) in [4.78, 5) is 24.0. The number of nitrogens with one attached hydrogen (secondary N) is 1. The number of amides is 2. The normalized spacial score (nSPS) is 10.1. The molecule has 0 atom stereocenters. The zero-order chi connectivity index (χ0) is 14.4. The standard InChI is InChI=1S/C12H15BrFN3O2/c1-17(12(19)6-16-11(18)5-15)7-8-4-9(13)2-3-10(8)14/h2-4H,5-7,15H2,1H3,(H,16,18). The van der Waals surface area contributed by atoms with Gasteiger partial charge in [-0.2, -0.15) is 0 Å². The molecule has 0 aliphatic rings. The van der Waals surface area contributed by atoms with Crippen LogP contribution in [0.1, 0.15) is 5.56 Å². The van der Waals surface area contributed by atoms with Gasteiger partial charge in [-0.05, 0) is 18.2 Å². The summed E-state index contributed by atoms with van der Waals surface area (Å²) in [6, 6.07) is 4.52. The van der Waals surface area contributed by atoms with Gasteiger partial charge in [0, 0.05) is 23.6 Å². The van der Waals surface area contributed by atoms with Gasteiger partial charge in [-0.15, -0.1) is 0 Å². The Bertz CT molecular complexity index is 482. The molecule has 0 saturated carbocycles. The maximum atomic E-state index is 13.5. The first-order chi connectivity index (χ1) is 8.93. The number of nitrogens with two attached hydrogens (primary N) is 1. The van der Waals surface area contributed by atoms with Gasteiger partial charge in [-0.3, -0.25) is 9.59 Å². The van der Waals surface area contributed by atoms with Crippen LogP contribution in [0.3, 0.4) is 0 Å². The lowest BCUT2D eigenvalue weighted by atomic mass is 10.2. The molecule has 1 aromatic carbocycles. The minimum Gasteiger partial charge on any atom is -0.346 e. The van der Waals surface area contributed by atoms with Crippen LogP contribution in [0.4, 0.5) is 4.39 Å². The summed E-state index contributed by atoms with van der Waals surface area (Å²) in [5.74, 6) is -1.11. The molecule has 0 unspecified atom stereocenters. The van der Waals surface area contributed by atoms with E-state index in [-0.39, 0.29) is 31.4 Å². The van der Waals surface area contributed by atoms with Crippen molar-refractivity contribution in [3.8, 4) is 0 Å². The number of benzene rings is 1. The summed E-state index contributed by atoms with van der Waals surface area (Å²) in [6.45, 7) is -0.192. The van der Waals surface area contributed by atoms with Crippen molar-refractivity contribution in [2.75, 3.05) is 20.1 Å². The van der Waals surface area contributed by atoms with Gasteiger partial charge in [0.15, 0.2) is 0 Å². The molecule has 0 aliphatic heterocycles. The summed E-state index contributed by atoms with van der Waals surface area (Å²) >= 11 is 3.24. The number of likely N-dealkylation sites (N-methyl/N-ethyl adjacent to an activating group) is 1. The van der Waals surface area contributed by atoms with Crippen molar-refractivity contribution < 1.29 is 14.0 Å². The maximum Gasteiger partial charge on any atom is 0.242 e. The van der Waals surface area contributed by atoms with E-state index in [4.69, 9.17) is 5.73 Å². The Morgan fingerprint density at radius 1 is 1.47 bits per heavy atom. The summed E-state index contributed by atoms with van der Waals surface area (Å²) in [6.07, 6.45) is 0. The third-order valence-corrected chi connectivity index (χ3v) is 2.96. The first-order valence-corrected chi connectivity index (χ1v) is 6.38. The molecule has 0 radical (unpaired) electrons. The second-order valence-corrected chi connectivity index (χ2v) is 4.88. The summed E-state index contributed by atoms with van der Waals surface area (Å²) in [7, 11) is 1.54.